The van der Waals surface area contributed by atoms with Crippen LogP contribution >= 0.6 is 0 Å². The van der Waals surface area contributed by atoms with Gasteiger partial charge in [-0.15, -0.1) is 0 Å². The number of pyridine rings is 1. The predicted octanol–water partition coefficient (Wildman–Crippen LogP) is 4.18. The molecule has 1 heterocycles. The molecule has 2 heteroatoms. The number of nitrogens with zero attached hydrogens (tertiary/aromatic N) is 1. The van der Waals surface area contributed by atoms with Crippen LogP contribution in [-0.2, 0) is 0 Å². The minimum atomic E-state index is 0.426. The Balaban J connectivity index is 2.19. The molecule has 0 saturated heterocycles. The molecule has 3 atom stereocenters. The van der Waals surface area contributed by atoms with Gasteiger partial charge in [0.15, 0.2) is 0 Å². The SMILES string of the molecule is CCC1CCCC(C(NC)c2ncc(C)cc2C)C1. The van der Waals surface area contributed by atoms with Crippen molar-refractivity contribution in [3.8, 4) is 0 Å². The molecule has 0 amide bonds. The minimum absolute atomic E-state index is 0.426. The monoisotopic (exact) mass is 260 g/mol. The zero-order valence-corrected chi connectivity index (χ0v) is 12.9. The van der Waals surface area contributed by atoms with Gasteiger partial charge in [-0.05, 0) is 56.7 Å². The fourth-order valence-electron chi connectivity index (χ4n) is 3.65. The van der Waals surface area contributed by atoms with Crippen molar-refractivity contribution in [2.75, 3.05) is 7.05 Å². The highest BCUT2D eigenvalue weighted by molar-refractivity contribution is 5.26. The first-order chi connectivity index (χ1) is 9.15. The average molecular weight is 260 g/mol. The second kappa shape index (κ2) is 6.51. The van der Waals surface area contributed by atoms with E-state index in [0.717, 1.165) is 11.8 Å². The maximum absolute atomic E-state index is 4.71. The van der Waals surface area contributed by atoms with Crippen molar-refractivity contribution in [1.82, 2.24) is 10.3 Å². The summed E-state index contributed by atoms with van der Waals surface area (Å²) < 4.78 is 0. The van der Waals surface area contributed by atoms with E-state index in [2.05, 4.69) is 39.2 Å². The van der Waals surface area contributed by atoms with E-state index >= 15 is 0 Å². The molecule has 1 aliphatic rings. The molecule has 3 unspecified atom stereocenters. The van der Waals surface area contributed by atoms with Gasteiger partial charge in [-0.1, -0.05) is 32.3 Å². The molecule has 1 saturated carbocycles. The first-order valence-corrected chi connectivity index (χ1v) is 7.76. The highest BCUT2D eigenvalue weighted by atomic mass is 14.9. The number of aryl methyl sites for hydroxylation is 2. The van der Waals surface area contributed by atoms with Crippen molar-refractivity contribution in [2.45, 2.75) is 58.9 Å². The Morgan fingerprint density at radius 2 is 2.16 bits per heavy atom. The van der Waals surface area contributed by atoms with Crippen LogP contribution < -0.4 is 5.32 Å². The molecule has 19 heavy (non-hydrogen) atoms. The van der Waals surface area contributed by atoms with Gasteiger partial charge >= 0.3 is 0 Å². The molecule has 0 spiro atoms. The lowest BCUT2D eigenvalue weighted by molar-refractivity contribution is 0.212. The fourth-order valence-corrected chi connectivity index (χ4v) is 3.65. The Hall–Kier alpha value is -0.890. The van der Waals surface area contributed by atoms with Crippen LogP contribution in [0.1, 0.15) is 61.9 Å². The van der Waals surface area contributed by atoms with Crippen molar-refractivity contribution in [1.29, 1.82) is 0 Å². The second-order valence-corrected chi connectivity index (χ2v) is 6.18. The molecule has 1 N–H and O–H groups in total. The summed E-state index contributed by atoms with van der Waals surface area (Å²) in [6.07, 6.45) is 8.84. The van der Waals surface area contributed by atoms with Gasteiger partial charge in [0.2, 0.25) is 0 Å². The number of aromatic nitrogens is 1. The third kappa shape index (κ3) is 3.36. The molecule has 2 rings (SSSR count). The molecular formula is C17H28N2. The zero-order valence-electron chi connectivity index (χ0n) is 12.9. The van der Waals surface area contributed by atoms with E-state index < -0.39 is 0 Å². The van der Waals surface area contributed by atoms with Gasteiger partial charge in [0.25, 0.3) is 0 Å². The van der Waals surface area contributed by atoms with E-state index in [-0.39, 0.29) is 0 Å². The van der Waals surface area contributed by atoms with E-state index in [4.69, 9.17) is 4.98 Å². The topological polar surface area (TPSA) is 24.9 Å². The average Bonchev–Trinajstić information content (AvgIpc) is 2.42. The van der Waals surface area contributed by atoms with Crippen molar-refractivity contribution in [2.24, 2.45) is 11.8 Å². The summed E-state index contributed by atoms with van der Waals surface area (Å²) in [6.45, 7) is 6.64. The molecule has 0 aromatic carbocycles. The number of nitrogens with one attached hydrogen (secondary N) is 1. The molecule has 1 aromatic heterocycles. The highest BCUT2D eigenvalue weighted by Gasteiger charge is 2.29. The minimum Gasteiger partial charge on any atom is -0.311 e. The van der Waals surface area contributed by atoms with Gasteiger partial charge in [-0.2, -0.15) is 0 Å². The largest absolute Gasteiger partial charge is 0.311 e. The van der Waals surface area contributed by atoms with Gasteiger partial charge in [0.1, 0.15) is 0 Å². The van der Waals surface area contributed by atoms with Crippen molar-refractivity contribution >= 4 is 0 Å². The number of hydrogen-bond donors (Lipinski definition) is 1. The van der Waals surface area contributed by atoms with Crippen LogP contribution in [0.4, 0.5) is 0 Å². The van der Waals surface area contributed by atoms with Crippen LogP contribution in [0.15, 0.2) is 12.3 Å². The van der Waals surface area contributed by atoms with Gasteiger partial charge in [-0.3, -0.25) is 4.98 Å². The van der Waals surface area contributed by atoms with Gasteiger partial charge in [-0.25, -0.2) is 0 Å². The van der Waals surface area contributed by atoms with Crippen molar-refractivity contribution in [3.05, 3.63) is 29.1 Å². The third-order valence-electron chi connectivity index (χ3n) is 4.73. The Morgan fingerprint density at radius 3 is 2.79 bits per heavy atom. The molecule has 1 fully saturated rings. The van der Waals surface area contributed by atoms with Crippen LogP contribution in [0.5, 0.6) is 0 Å². The van der Waals surface area contributed by atoms with Gasteiger partial charge < -0.3 is 5.32 Å². The van der Waals surface area contributed by atoms with Crippen LogP contribution in [0.25, 0.3) is 0 Å². The molecule has 1 aliphatic carbocycles. The fraction of sp³-hybridized carbons (Fsp3) is 0.706. The Kier molecular flexibility index (Phi) is 4.98. The lowest BCUT2D eigenvalue weighted by Gasteiger charge is -2.34. The molecule has 0 bridgehead atoms. The molecule has 0 aliphatic heterocycles. The summed E-state index contributed by atoms with van der Waals surface area (Å²) in [5.74, 6) is 1.66. The quantitative estimate of drug-likeness (QED) is 0.878. The van der Waals surface area contributed by atoms with E-state index in [0.29, 0.717) is 6.04 Å². The number of hydrogen-bond acceptors (Lipinski definition) is 2. The third-order valence-corrected chi connectivity index (χ3v) is 4.73. The molecule has 0 radical (unpaired) electrons. The number of rotatable bonds is 4. The lowest BCUT2D eigenvalue weighted by atomic mass is 9.75. The van der Waals surface area contributed by atoms with Gasteiger partial charge in [0.05, 0.1) is 11.7 Å². The molecule has 106 valence electrons. The second-order valence-electron chi connectivity index (χ2n) is 6.18. The Bertz CT molecular complexity index is 414. The van der Waals surface area contributed by atoms with E-state index in [1.165, 1.54) is 48.9 Å². The van der Waals surface area contributed by atoms with Crippen molar-refractivity contribution < 1.29 is 0 Å². The molecular weight excluding hydrogens is 232 g/mol. The van der Waals surface area contributed by atoms with Crippen LogP contribution in [0.2, 0.25) is 0 Å². The summed E-state index contributed by atoms with van der Waals surface area (Å²) in [6, 6.07) is 2.68. The smallest absolute Gasteiger partial charge is 0.0605 e. The van der Waals surface area contributed by atoms with Crippen LogP contribution in [0.3, 0.4) is 0 Å². The Labute approximate surface area is 118 Å². The lowest BCUT2D eigenvalue weighted by Crippen LogP contribution is -2.30. The summed E-state index contributed by atoms with van der Waals surface area (Å²) in [7, 11) is 2.08. The standard InChI is InChI=1S/C17H28N2/c1-5-14-7-6-8-15(10-14)17(18-4)16-13(3)9-12(2)11-19-16/h9,11,14-15,17-18H,5-8,10H2,1-4H3. The summed E-state index contributed by atoms with van der Waals surface area (Å²) in [5.41, 5.74) is 3.85. The normalized spacial score (nSPS) is 25.3. The highest BCUT2D eigenvalue weighted by Crippen LogP contribution is 2.38. The van der Waals surface area contributed by atoms with E-state index in [9.17, 15) is 0 Å². The maximum atomic E-state index is 4.71. The van der Waals surface area contributed by atoms with E-state index in [1.807, 2.05) is 6.20 Å². The first-order valence-electron chi connectivity index (χ1n) is 7.76. The van der Waals surface area contributed by atoms with Gasteiger partial charge in [0, 0.05) is 6.20 Å². The zero-order chi connectivity index (χ0) is 13.8. The van der Waals surface area contributed by atoms with Crippen molar-refractivity contribution in [3.63, 3.8) is 0 Å². The summed E-state index contributed by atoms with van der Waals surface area (Å²) in [5, 5.41) is 3.53. The van der Waals surface area contributed by atoms with E-state index in [1.54, 1.807) is 0 Å². The van der Waals surface area contributed by atoms with Crippen LogP contribution in [0, 0.1) is 25.7 Å². The molecule has 1 aromatic rings. The maximum Gasteiger partial charge on any atom is 0.0605 e. The summed E-state index contributed by atoms with van der Waals surface area (Å²) >= 11 is 0. The predicted molar refractivity (Wildman–Crippen MR) is 81.3 cm³/mol. The molecule has 2 nitrogen and oxygen atoms in total. The first kappa shape index (κ1) is 14.5. The Morgan fingerprint density at radius 1 is 1.37 bits per heavy atom. The summed E-state index contributed by atoms with van der Waals surface area (Å²) in [4.78, 5) is 4.71. The van der Waals surface area contributed by atoms with Crippen LogP contribution in [-0.4, -0.2) is 12.0 Å².